The molecule has 0 aliphatic heterocycles. The first-order valence-electron chi connectivity index (χ1n) is 5.40. The Morgan fingerprint density at radius 2 is 2.29 bits per heavy atom. The third-order valence-electron chi connectivity index (χ3n) is 2.28. The van der Waals surface area contributed by atoms with E-state index in [2.05, 4.69) is 5.32 Å². The van der Waals surface area contributed by atoms with Crippen LogP contribution >= 0.6 is 11.6 Å². The highest BCUT2D eigenvalue weighted by molar-refractivity contribution is 6.30. The SMILES string of the molecule is C/C=C/CCNCc1ccc(Cl)cc1[N+](=O)[O-]. The van der Waals surface area contributed by atoms with Crippen LogP contribution in [0.25, 0.3) is 0 Å². The molecule has 0 unspecified atom stereocenters. The Hall–Kier alpha value is -1.39. The number of halogens is 1. The number of nitrogens with zero attached hydrogens (tertiary/aromatic N) is 1. The van der Waals surface area contributed by atoms with Crippen molar-refractivity contribution in [1.82, 2.24) is 5.32 Å². The van der Waals surface area contributed by atoms with E-state index in [1.807, 2.05) is 19.1 Å². The van der Waals surface area contributed by atoms with Gasteiger partial charge < -0.3 is 5.32 Å². The number of hydrogen-bond donors (Lipinski definition) is 1. The van der Waals surface area contributed by atoms with Gasteiger partial charge in [-0.1, -0.05) is 23.8 Å². The molecule has 92 valence electrons. The van der Waals surface area contributed by atoms with Crippen molar-refractivity contribution in [3.63, 3.8) is 0 Å². The third kappa shape index (κ3) is 4.54. The van der Waals surface area contributed by atoms with Crippen LogP contribution in [-0.2, 0) is 6.54 Å². The molecule has 0 aromatic heterocycles. The topological polar surface area (TPSA) is 55.2 Å². The van der Waals surface area contributed by atoms with Gasteiger partial charge >= 0.3 is 0 Å². The highest BCUT2D eigenvalue weighted by Gasteiger charge is 2.13. The van der Waals surface area contributed by atoms with E-state index >= 15 is 0 Å². The van der Waals surface area contributed by atoms with Crippen LogP contribution in [0.3, 0.4) is 0 Å². The van der Waals surface area contributed by atoms with E-state index in [4.69, 9.17) is 11.6 Å². The first-order chi connectivity index (χ1) is 8.15. The number of benzene rings is 1. The standard InChI is InChI=1S/C12H15ClN2O2/c1-2-3-4-7-14-9-10-5-6-11(13)8-12(10)15(16)17/h2-3,5-6,8,14H,4,7,9H2,1H3/b3-2+. The molecule has 17 heavy (non-hydrogen) atoms. The molecule has 0 aliphatic carbocycles. The molecule has 0 amide bonds. The molecule has 0 fully saturated rings. The minimum atomic E-state index is -0.408. The Balaban J connectivity index is 2.61. The molecular weight excluding hydrogens is 240 g/mol. The Morgan fingerprint density at radius 1 is 1.53 bits per heavy atom. The zero-order valence-corrected chi connectivity index (χ0v) is 10.4. The largest absolute Gasteiger partial charge is 0.312 e. The molecule has 0 saturated carbocycles. The van der Waals surface area contributed by atoms with Gasteiger partial charge in [-0.3, -0.25) is 10.1 Å². The smallest absolute Gasteiger partial charge is 0.275 e. The van der Waals surface area contributed by atoms with Crippen molar-refractivity contribution in [3.05, 3.63) is 51.1 Å². The van der Waals surface area contributed by atoms with Crippen LogP contribution in [0, 0.1) is 10.1 Å². The summed E-state index contributed by atoms with van der Waals surface area (Å²) in [5.74, 6) is 0. The second-order valence-electron chi connectivity index (χ2n) is 3.56. The number of rotatable bonds is 6. The van der Waals surface area contributed by atoms with Crippen molar-refractivity contribution >= 4 is 17.3 Å². The van der Waals surface area contributed by atoms with Gasteiger partial charge in [-0.15, -0.1) is 0 Å². The van der Waals surface area contributed by atoms with Crippen molar-refractivity contribution in [2.24, 2.45) is 0 Å². The summed E-state index contributed by atoms with van der Waals surface area (Å²) >= 11 is 5.73. The van der Waals surface area contributed by atoms with Gasteiger partial charge in [0.2, 0.25) is 0 Å². The van der Waals surface area contributed by atoms with Crippen LogP contribution in [0.15, 0.2) is 30.4 Å². The van der Waals surface area contributed by atoms with Crippen LogP contribution < -0.4 is 5.32 Å². The molecule has 0 spiro atoms. The van der Waals surface area contributed by atoms with E-state index in [9.17, 15) is 10.1 Å². The Kier molecular flexibility index (Phi) is 5.66. The lowest BCUT2D eigenvalue weighted by Gasteiger charge is -2.04. The van der Waals surface area contributed by atoms with Gasteiger partial charge in [-0.2, -0.15) is 0 Å². The monoisotopic (exact) mass is 254 g/mol. The molecule has 1 N–H and O–H groups in total. The maximum absolute atomic E-state index is 10.8. The average Bonchev–Trinajstić information content (AvgIpc) is 2.30. The highest BCUT2D eigenvalue weighted by Crippen LogP contribution is 2.22. The fourth-order valence-electron chi connectivity index (χ4n) is 1.43. The normalized spacial score (nSPS) is 10.9. The van der Waals surface area contributed by atoms with Crippen molar-refractivity contribution in [1.29, 1.82) is 0 Å². The summed E-state index contributed by atoms with van der Waals surface area (Å²) < 4.78 is 0. The van der Waals surface area contributed by atoms with E-state index < -0.39 is 4.92 Å². The van der Waals surface area contributed by atoms with Gasteiger partial charge in [0.05, 0.1) is 4.92 Å². The summed E-state index contributed by atoms with van der Waals surface area (Å²) in [5, 5.41) is 14.4. The first-order valence-corrected chi connectivity index (χ1v) is 5.77. The minimum Gasteiger partial charge on any atom is -0.312 e. The Morgan fingerprint density at radius 3 is 2.94 bits per heavy atom. The van der Waals surface area contributed by atoms with Crippen molar-refractivity contribution in [2.45, 2.75) is 19.9 Å². The van der Waals surface area contributed by atoms with Gasteiger partial charge in [0.15, 0.2) is 0 Å². The number of nitro groups is 1. The van der Waals surface area contributed by atoms with E-state index in [0.717, 1.165) is 13.0 Å². The predicted octanol–water partition coefficient (Wildman–Crippen LogP) is 3.30. The van der Waals surface area contributed by atoms with Crippen LogP contribution in [-0.4, -0.2) is 11.5 Å². The summed E-state index contributed by atoms with van der Waals surface area (Å²) in [6.07, 6.45) is 4.94. The van der Waals surface area contributed by atoms with E-state index in [-0.39, 0.29) is 5.69 Å². The summed E-state index contributed by atoms with van der Waals surface area (Å²) in [6, 6.07) is 4.73. The Labute approximate surface area is 105 Å². The molecule has 0 radical (unpaired) electrons. The zero-order chi connectivity index (χ0) is 12.7. The van der Waals surface area contributed by atoms with E-state index in [0.29, 0.717) is 17.1 Å². The summed E-state index contributed by atoms with van der Waals surface area (Å²) in [5.41, 5.74) is 0.718. The van der Waals surface area contributed by atoms with Gasteiger partial charge in [0.25, 0.3) is 5.69 Å². The molecule has 1 aromatic carbocycles. The fourth-order valence-corrected chi connectivity index (χ4v) is 1.60. The minimum absolute atomic E-state index is 0.0658. The van der Waals surface area contributed by atoms with Gasteiger partial charge in [-0.25, -0.2) is 0 Å². The van der Waals surface area contributed by atoms with Crippen LogP contribution in [0.1, 0.15) is 18.9 Å². The van der Waals surface area contributed by atoms with E-state index in [1.54, 1.807) is 12.1 Å². The Bertz CT molecular complexity index is 419. The number of hydrogen-bond acceptors (Lipinski definition) is 3. The number of allylic oxidation sites excluding steroid dienone is 1. The molecule has 4 nitrogen and oxygen atoms in total. The average molecular weight is 255 g/mol. The molecule has 0 aliphatic rings. The molecule has 0 atom stereocenters. The highest BCUT2D eigenvalue weighted by atomic mass is 35.5. The molecular formula is C12H15ClN2O2. The van der Waals surface area contributed by atoms with Crippen molar-refractivity contribution < 1.29 is 4.92 Å². The second kappa shape index (κ2) is 7.04. The summed E-state index contributed by atoms with van der Waals surface area (Å²) in [6.45, 7) is 3.24. The van der Waals surface area contributed by atoms with E-state index in [1.165, 1.54) is 6.07 Å². The molecule has 1 rings (SSSR count). The van der Waals surface area contributed by atoms with Gasteiger partial charge in [0, 0.05) is 23.2 Å². The molecule has 5 heteroatoms. The molecule has 0 saturated heterocycles. The quantitative estimate of drug-likeness (QED) is 0.367. The van der Waals surface area contributed by atoms with Crippen molar-refractivity contribution in [2.75, 3.05) is 6.54 Å². The molecule has 0 heterocycles. The molecule has 0 bridgehead atoms. The third-order valence-corrected chi connectivity index (χ3v) is 2.52. The zero-order valence-electron chi connectivity index (χ0n) is 9.65. The predicted molar refractivity (Wildman–Crippen MR) is 69.2 cm³/mol. The van der Waals surface area contributed by atoms with Gasteiger partial charge in [-0.05, 0) is 32.0 Å². The number of nitrogens with one attached hydrogen (secondary N) is 1. The summed E-state index contributed by atoms with van der Waals surface area (Å²) in [7, 11) is 0. The molecule has 1 aromatic rings. The fraction of sp³-hybridized carbons (Fsp3) is 0.333. The van der Waals surface area contributed by atoms with Crippen LogP contribution in [0.5, 0.6) is 0 Å². The van der Waals surface area contributed by atoms with Crippen LogP contribution in [0.2, 0.25) is 5.02 Å². The number of nitro benzene ring substituents is 1. The lowest BCUT2D eigenvalue weighted by molar-refractivity contribution is -0.385. The maximum Gasteiger partial charge on any atom is 0.275 e. The van der Waals surface area contributed by atoms with Gasteiger partial charge in [0.1, 0.15) is 0 Å². The first kappa shape index (κ1) is 13.7. The van der Waals surface area contributed by atoms with Crippen LogP contribution in [0.4, 0.5) is 5.69 Å². The lowest BCUT2D eigenvalue weighted by Crippen LogP contribution is -2.15. The maximum atomic E-state index is 10.8. The van der Waals surface area contributed by atoms with Crippen molar-refractivity contribution in [3.8, 4) is 0 Å². The summed E-state index contributed by atoms with van der Waals surface area (Å²) in [4.78, 5) is 10.4. The lowest BCUT2D eigenvalue weighted by atomic mass is 10.2. The second-order valence-corrected chi connectivity index (χ2v) is 4.00.